The molecule has 1 aliphatic rings. The van der Waals surface area contributed by atoms with Crippen molar-refractivity contribution in [1.29, 1.82) is 0 Å². The maximum absolute atomic E-state index is 5.88. The van der Waals surface area contributed by atoms with E-state index in [0.29, 0.717) is 5.92 Å². The van der Waals surface area contributed by atoms with Crippen LogP contribution in [0.5, 0.6) is 11.5 Å². The monoisotopic (exact) mass is 352 g/mol. The molecule has 0 N–H and O–H groups in total. The minimum absolute atomic E-state index is 0.0513. The summed E-state index contributed by atoms with van der Waals surface area (Å²) in [5.74, 6) is 3.30. The van der Waals surface area contributed by atoms with Crippen molar-refractivity contribution in [3.8, 4) is 11.5 Å². The van der Waals surface area contributed by atoms with Gasteiger partial charge in [-0.3, -0.25) is 0 Å². The van der Waals surface area contributed by atoms with Gasteiger partial charge in [0.2, 0.25) is 0 Å². The maximum Gasteiger partial charge on any atom is 0.119 e. The molecule has 0 spiro atoms. The molecule has 1 atom stereocenters. The van der Waals surface area contributed by atoms with Gasteiger partial charge in [-0.15, -0.1) is 0 Å². The standard InChI is InChI=1S/C24H32O2/c1-5-18(2)16-25-22-12-8-20(9-13-22)24(3,4)21-10-14-23(15-11-21)26-17-19-6-7-19/h8-15,18-19H,5-7,16-17H2,1-4H3. The van der Waals surface area contributed by atoms with Crippen molar-refractivity contribution in [1.82, 2.24) is 0 Å². The molecular weight excluding hydrogens is 320 g/mol. The van der Waals surface area contributed by atoms with E-state index in [4.69, 9.17) is 9.47 Å². The van der Waals surface area contributed by atoms with E-state index in [-0.39, 0.29) is 5.41 Å². The number of hydrogen-bond acceptors (Lipinski definition) is 2. The predicted octanol–water partition coefficient (Wildman–Crippen LogP) is 6.23. The molecule has 0 heterocycles. The molecule has 3 rings (SSSR count). The first-order valence-electron chi connectivity index (χ1n) is 9.95. The second-order valence-corrected chi connectivity index (χ2v) is 8.25. The third-order valence-electron chi connectivity index (χ3n) is 5.57. The van der Waals surface area contributed by atoms with E-state index in [9.17, 15) is 0 Å². The van der Waals surface area contributed by atoms with Gasteiger partial charge in [0, 0.05) is 5.41 Å². The van der Waals surface area contributed by atoms with E-state index in [2.05, 4.69) is 76.2 Å². The first-order chi connectivity index (χ1) is 12.5. The molecule has 2 aromatic rings. The Morgan fingerprint density at radius 3 is 1.85 bits per heavy atom. The Kier molecular flexibility index (Phi) is 5.90. The second-order valence-electron chi connectivity index (χ2n) is 8.25. The molecule has 1 unspecified atom stereocenters. The lowest BCUT2D eigenvalue weighted by Gasteiger charge is -2.26. The molecule has 26 heavy (non-hydrogen) atoms. The van der Waals surface area contributed by atoms with Crippen LogP contribution in [0, 0.1) is 11.8 Å². The Hall–Kier alpha value is -1.96. The summed E-state index contributed by atoms with van der Waals surface area (Å²) >= 11 is 0. The van der Waals surface area contributed by atoms with Crippen LogP contribution in [0.25, 0.3) is 0 Å². The molecular formula is C24H32O2. The molecule has 0 bridgehead atoms. The summed E-state index contributed by atoms with van der Waals surface area (Å²) < 4.78 is 11.7. The third kappa shape index (κ3) is 4.81. The van der Waals surface area contributed by atoms with E-state index in [1.54, 1.807) is 0 Å². The third-order valence-corrected chi connectivity index (χ3v) is 5.57. The zero-order chi connectivity index (χ0) is 18.6. The van der Waals surface area contributed by atoms with Crippen LogP contribution in [0.1, 0.15) is 58.1 Å². The minimum atomic E-state index is -0.0513. The first-order valence-corrected chi connectivity index (χ1v) is 9.95. The molecule has 0 aromatic heterocycles. The summed E-state index contributed by atoms with van der Waals surface area (Å²) in [6.07, 6.45) is 3.79. The van der Waals surface area contributed by atoms with E-state index in [0.717, 1.165) is 37.1 Å². The fraction of sp³-hybridized carbons (Fsp3) is 0.500. The number of benzene rings is 2. The quantitative estimate of drug-likeness (QED) is 0.533. The van der Waals surface area contributed by atoms with Gasteiger partial charge in [0.25, 0.3) is 0 Å². The fourth-order valence-corrected chi connectivity index (χ4v) is 2.96. The van der Waals surface area contributed by atoms with Gasteiger partial charge in [-0.25, -0.2) is 0 Å². The lowest BCUT2D eigenvalue weighted by molar-refractivity contribution is 0.256. The molecule has 1 aliphatic carbocycles. The first kappa shape index (κ1) is 18.8. The van der Waals surface area contributed by atoms with E-state index in [1.807, 2.05) is 0 Å². The molecule has 2 aromatic carbocycles. The normalized spacial score (nSPS) is 15.5. The fourth-order valence-electron chi connectivity index (χ4n) is 2.96. The smallest absolute Gasteiger partial charge is 0.119 e. The average molecular weight is 353 g/mol. The number of hydrogen-bond donors (Lipinski definition) is 0. The van der Waals surface area contributed by atoms with Gasteiger partial charge >= 0.3 is 0 Å². The molecule has 140 valence electrons. The average Bonchev–Trinajstić information content (AvgIpc) is 3.49. The van der Waals surface area contributed by atoms with Crippen LogP contribution in [0.2, 0.25) is 0 Å². The summed E-state index contributed by atoms with van der Waals surface area (Å²) in [4.78, 5) is 0. The van der Waals surface area contributed by atoms with Crippen LogP contribution in [0.15, 0.2) is 48.5 Å². The summed E-state index contributed by atoms with van der Waals surface area (Å²) in [5.41, 5.74) is 2.54. The van der Waals surface area contributed by atoms with Crippen molar-refractivity contribution < 1.29 is 9.47 Å². The Balaban J connectivity index is 1.64. The van der Waals surface area contributed by atoms with Crippen LogP contribution < -0.4 is 9.47 Å². The minimum Gasteiger partial charge on any atom is -0.493 e. The largest absolute Gasteiger partial charge is 0.493 e. The van der Waals surface area contributed by atoms with Crippen molar-refractivity contribution in [3.63, 3.8) is 0 Å². The molecule has 2 heteroatoms. The number of rotatable bonds is 9. The van der Waals surface area contributed by atoms with Gasteiger partial charge in [0.15, 0.2) is 0 Å². The number of ether oxygens (including phenoxy) is 2. The van der Waals surface area contributed by atoms with Gasteiger partial charge in [0.1, 0.15) is 11.5 Å². The summed E-state index contributed by atoms with van der Waals surface area (Å²) in [6, 6.07) is 17.1. The van der Waals surface area contributed by atoms with Crippen LogP contribution >= 0.6 is 0 Å². The van der Waals surface area contributed by atoms with E-state index >= 15 is 0 Å². The molecule has 2 nitrogen and oxygen atoms in total. The van der Waals surface area contributed by atoms with Gasteiger partial charge in [0.05, 0.1) is 13.2 Å². The van der Waals surface area contributed by atoms with Crippen molar-refractivity contribution in [2.24, 2.45) is 11.8 Å². The van der Waals surface area contributed by atoms with Crippen LogP contribution in [0.3, 0.4) is 0 Å². The summed E-state index contributed by atoms with van der Waals surface area (Å²) in [5, 5.41) is 0. The Bertz CT molecular complexity index is 681. The zero-order valence-electron chi connectivity index (χ0n) is 16.6. The molecule has 1 saturated carbocycles. The Labute approximate surface area is 158 Å². The molecule has 0 saturated heterocycles. The molecule has 0 aliphatic heterocycles. The van der Waals surface area contributed by atoms with Crippen LogP contribution in [-0.4, -0.2) is 13.2 Å². The molecule has 0 radical (unpaired) electrons. The SMILES string of the molecule is CCC(C)COc1ccc(C(C)(C)c2ccc(OCC3CC3)cc2)cc1. The predicted molar refractivity (Wildman–Crippen MR) is 108 cm³/mol. The van der Waals surface area contributed by atoms with Gasteiger partial charge in [-0.05, 0) is 60.1 Å². The Morgan fingerprint density at radius 1 is 0.885 bits per heavy atom. The highest BCUT2D eigenvalue weighted by atomic mass is 16.5. The van der Waals surface area contributed by atoms with Crippen LogP contribution in [-0.2, 0) is 5.41 Å². The second kappa shape index (κ2) is 8.16. The lowest BCUT2D eigenvalue weighted by atomic mass is 9.78. The molecule has 0 amide bonds. The molecule has 1 fully saturated rings. The lowest BCUT2D eigenvalue weighted by Crippen LogP contribution is -2.18. The zero-order valence-corrected chi connectivity index (χ0v) is 16.6. The highest BCUT2D eigenvalue weighted by Crippen LogP contribution is 2.34. The van der Waals surface area contributed by atoms with Crippen molar-refractivity contribution in [2.75, 3.05) is 13.2 Å². The van der Waals surface area contributed by atoms with Crippen molar-refractivity contribution in [2.45, 2.75) is 52.4 Å². The van der Waals surface area contributed by atoms with Gasteiger partial charge in [-0.2, -0.15) is 0 Å². The highest BCUT2D eigenvalue weighted by molar-refractivity contribution is 5.41. The van der Waals surface area contributed by atoms with Crippen LogP contribution in [0.4, 0.5) is 0 Å². The summed E-state index contributed by atoms with van der Waals surface area (Å²) in [6.45, 7) is 10.6. The highest BCUT2D eigenvalue weighted by Gasteiger charge is 2.24. The van der Waals surface area contributed by atoms with Crippen molar-refractivity contribution in [3.05, 3.63) is 59.7 Å². The van der Waals surface area contributed by atoms with Crippen molar-refractivity contribution >= 4 is 0 Å². The van der Waals surface area contributed by atoms with Gasteiger partial charge < -0.3 is 9.47 Å². The summed E-state index contributed by atoms with van der Waals surface area (Å²) in [7, 11) is 0. The van der Waals surface area contributed by atoms with E-state index < -0.39 is 0 Å². The van der Waals surface area contributed by atoms with E-state index in [1.165, 1.54) is 24.0 Å². The topological polar surface area (TPSA) is 18.5 Å². The maximum atomic E-state index is 5.88. The Morgan fingerprint density at radius 2 is 1.38 bits per heavy atom. The van der Waals surface area contributed by atoms with Gasteiger partial charge in [-0.1, -0.05) is 58.4 Å².